The fourth-order valence-electron chi connectivity index (χ4n) is 2.71. The molecule has 0 fully saturated rings. The maximum Gasteiger partial charge on any atom is 0.240 e. The molecule has 7 heteroatoms. The number of benzene rings is 1. The standard InChI is InChI=1S/C20H29N5O2/c1-12(2)9-10-17(26)22-11-16-23-15-8-6-5-7-14(15)20(24-16)25-18(13(3)4)19(21)27/h5-8,12-13,18H,9-11H2,1-4H3,(H2,21,27)(H,22,26)(H,23,24,25)/t18-/m0/s1. The molecule has 2 rings (SSSR count). The number of rotatable bonds is 9. The van der Waals surface area contributed by atoms with Gasteiger partial charge in [0.05, 0.1) is 12.1 Å². The van der Waals surface area contributed by atoms with Gasteiger partial charge in [-0.25, -0.2) is 9.97 Å². The average Bonchev–Trinajstić information content (AvgIpc) is 2.61. The van der Waals surface area contributed by atoms with Gasteiger partial charge in [-0.1, -0.05) is 39.8 Å². The molecule has 1 heterocycles. The summed E-state index contributed by atoms with van der Waals surface area (Å²) >= 11 is 0. The number of para-hydroxylation sites is 1. The number of carbonyl (C=O) groups excluding carboxylic acids is 2. The molecule has 0 unspecified atom stereocenters. The maximum atomic E-state index is 12.0. The van der Waals surface area contributed by atoms with Crippen LogP contribution in [-0.2, 0) is 16.1 Å². The number of anilines is 1. The van der Waals surface area contributed by atoms with Crippen LogP contribution in [0.3, 0.4) is 0 Å². The molecule has 0 radical (unpaired) electrons. The number of fused-ring (bicyclic) bond motifs is 1. The van der Waals surface area contributed by atoms with Crippen molar-refractivity contribution in [3.05, 3.63) is 30.1 Å². The monoisotopic (exact) mass is 371 g/mol. The molecule has 0 aliphatic rings. The highest BCUT2D eigenvalue weighted by Crippen LogP contribution is 2.22. The smallest absolute Gasteiger partial charge is 0.240 e. The summed E-state index contributed by atoms with van der Waals surface area (Å²) in [5, 5.41) is 6.82. The number of primary amides is 1. The van der Waals surface area contributed by atoms with Crippen molar-refractivity contribution in [1.82, 2.24) is 15.3 Å². The summed E-state index contributed by atoms with van der Waals surface area (Å²) in [7, 11) is 0. The van der Waals surface area contributed by atoms with Gasteiger partial charge < -0.3 is 16.4 Å². The van der Waals surface area contributed by atoms with Gasteiger partial charge in [-0.2, -0.15) is 0 Å². The van der Waals surface area contributed by atoms with Gasteiger partial charge in [-0.15, -0.1) is 0 Å². The SMILES string of the molecule is CC(C)CCC(=O)NCc1nc(N[C@H](C(N)=O)C(C)C)c2ccccc2n1. The van der Waals surface area contributed by atoms with E-state index in [4.69, 9.17) is 5.73 Å². The van der Waals surface area contributed by atoms with E-state index in [9.17, 15) is 9.59 Å². The van der Waals surface area contributed by atoms with E-state index in [1.165, 1.54) is 0 Å². The summed E-state index contributed by atoms with van der Waals surface area (Å²) < 4.78 is 0. The van der Waals surface area contributed by atoms with Crippen molar-refractivity contribution in [1.29, 1.82) is 0 Å². The van der Waals surface area contributed by atoms with E-state index in [1.54, 1.807) is 0 Å². The largest absolute Gasteiger partial charge is 0.368 e. The third-order valence-corrected chi connectivity index (χ3v) is 4.31. The number of amides is 2. The molecule has 0 bridgehead atoms. The van der Waals surface area contributed by atoms with Crippen LogP contribution < -0.4 is 16.4 Å². The summed E-state index contributed by atoms with van der Waals surface area (Å²) in [6, 6.07) is 7.00. The van der Waals surface area contributed by atoms with Gasteiger partial charge >= 0.3 is 0 Å². The fourth-order valence-corrected chi connectivity index (χ4v) is 2.71. The molecule has 0 aliphatic carbocycles. The van der Waals surface area contributed by atoms with Crippen molar-refractivity contribution in [3.63, 3.8) is 0 Å². The Morgan fingerprint density at radius 1 is 1.11 bits per heavy atom. The number of hydrogen-bond acceptors (Lipinski definition) is 5. The zero-order valence-corrected chi connectivity index (χ0v) is 16.5. The van der Waals surface area contributed by atoms with Crippen LogP contribution in [0, 0.1) is 11.8 Å². The Kier molecular flexibility index (Phi) is 7.10. The highest BCUT2D eigenvalue weighted by molar-refractivity contribution is 5.92. The van der Waals surface area contributed by atoms with Crippen LogP contribution >= 0.6 is 0 Å². The second-order valence-electron chi connectivity index (χ2n) is 7.48. The first kappa shape index (κ1) is 20.6. The van der Waals surface area contributed by atoms with Crippen molar-refractivity contribution in [2.45, 2.75) is 53.1 Å². The highest BCUT2D eigenvalue weighted by atomic mass is 16.2. The topological polar surface area (TPSA) is 110 Å². The number of nitrogens with two attached hydrogens (primary N) is 1. The third kappa shape index (κ3) is 5.91. The van der Waals surface area contributed by atoms with E-state index in [1.807, 2.05) is 38.1 Å². The third-order valence-electron chi connectivity index (χ3n) is 4.31. The summed E-state index contributed by atoms with van der Waals surface area (Å²) in [6.45, 7) is 8.24. The van der Waals surface area contributed by atoms with Crippen molar-refractivity contribution in [3.8, 4) is 0 Å². The second kappa shape index (κ2) is 9.30. The molecule has 4 N–H and O–H groups in total. The predicted octanol–water partition coefficient (Wildman–Crippen LogP) is 2.60. The predicted molar refractivity (Wildman–Crippen MR) is 107 cm³/mol. The summed E-state index contributed by atoms with van der Waals surface area (Å²) in [5.74, 6) is 1.06. The lowest BCUT2D eigenvalue weighted by molar-refractivity contribution is -0.121. The Balaban J connectivity index is 2.23. The van der Waals surface area contributed by atoms with Crippen LogP contribution in [0.25, 0.3) is 10.9 Å². The number of nitrogens with zero attached hydrogens (tertiary/aromatic N) is 2. The normalized spacial score (nSPS) is 12.4. The van der Waals surface area contributed by atoms with E-state index in [0.717, 1.165) is 17.3 Å². The molecular weight excluding hydrogens is 342 g/mol. The highest BCUT2D eigenvalue weighted by Gasteiger charge is 2.21. The molecular formula is C20H29N5O2. The van der Waals surface area contributed by atoms with E-state index in [0.29, 0.717) is 24.0 Å². The van der Waals surface area contributed by atoms with Gasteiger partial charge in [0, 0.05) is 11.8 Å². The lowest BCUT2D eigenvalue weighted by atomic mass is 10.0. The first-order valence-electron chi connectivity index (χ1n) is 9.36. The molecule has 2 aromatic rings. The van der Waals surface area contributed by atoms with Crippen LogP contribution in [-0.4, -0.2) is 27.8 Å². The van der Waals surface area contributed by atoms with Gasteiger partial charge in [0.2, 0.25) is 11.8 Å². The Bertz CT molecular complexity index is 804. The van der Waals surface area contributed by atoms with Gasteiger partial charge in [0.1, 0.15) is 11.9 Å². The lowest BCUT2D eigenvalue weighted by Gasteiger charge is -2.21. The van der Waals surface area contributed by atoms with Crippen molar-refractivity contribution in [2.75, 3.05) is 5.32 Å². The van der Waals surface area contributed by atoms with Crippen molar-refractivity contribution >= 4 is 28.5 Å². The van der Waals surface area contributed by atoms with Gasteiger partial charge in [0.25, 0.3) is 0 Å². The molecule has 1 aromatic carbocycles. The number of hydrogen-bond donors (Lipinski definition) is 3. The number of aromatic nitrogens is 2. The van der Waals surface area contributed by atoms with Crippen LogP contribution in [0.2, 0.25) is 0 Å². The summed E-state index contributed by atoms with van der Waals surface area (Å²) in [4.78, 5) is 32.8. The minimum atomic E-state index is -0.545. The molecule has 1 atom stereocenters. The van der Waals surface area contributed by atoms with E-state index >= 15 is 0 Å². The van der Waals surface area contributed by atoms with Crippen LogP contribution in [0.4, 0.5) is 5.82 Å². The summed E-state index contributed by atoms with van der Waals surface area (Å²) in [6.07, 6.45) is 1.32. The Morgan fingerprint density at radius 3 is 2.44 bits per heavy atom. The van der Waals surface area contributed by atoms with Crippen LogP contribution in [0.5, 0.6) is 0 Å². The van der Waals surface area contributed by atoms with Crippen molar-refractivity contribution < 1.29 is 9.59 Å². The summed E-state index contributed by atoms with van der Waals surface area (Å²) in [5.41, 5.74) is 6.27. The van der Waals surface area contributed by atoms with Gasteiger partial charge in [0.15, 0.2) is 5.82 Å². The first-order valence-corrected chi connectivity index (χ1v) is 9.36. The number of carbonyl (C=O) groups is 2. The number of nitrogens with one attached hydrogen (secondary N) is 2. The molecule has 0 aliphatic heterocycles. The molecule has 0 saturated heterocycles. The fraction of sp³-hybridized carbons (Fsp3) is 0.500. The second-order valence-corrected chi connectivity index (χ2v) is 7.48. The van der Waals surface area contributed by atoms with E-state index < -0.39 is 11.9 Å². The van der Waals surface area contributed by atoms with Gasteiger partial charge in [-0.3, -0.25) is 9.59 Å². The van der Waals surface area contributed by atoms with E-state index in [2.05, 4.69) is 34.4 Å². The van der Waals surface area contributed by atoms with E-state index in [-0.39, 0.29) is 18.4 Å². The molecule has 1 aromatic heterocycles. The quantitative estimate of drug-likeness (QED) is 0.627. The molecule has 27 heavy (non-hydrogen) atoms. The lowest BCUT2D eigenvalue weighted by Crippen LogP contribution is -2.40. The molecule has 7 nitrogen and oxygen atoms in total. The maximum absolute atomic E-state index is 12.0. The average molecular weight is 371 g/mol. The molecule has 0 saturated carbocycles. The Morgan fingerprint density at radius 2 is 1.81 bits per heavy atom. The van der Waals surface area contributed by atoms with Crippen LogP contribution in [0.1, 0.15) is 46.4 Å². The molecule has 2 amide bonds. The van der Waals surface area contributed by atoms with Crippen LogP contribution in [0.15, 0.2) is 24.3 Å². The zero-order chi connectivity index (χ0) is 20.0. The minimum Gasteiger partial charge on any atom is -0.368 e. The Labute approximate surface area is 160 Å². The Hall–Kier alpha value is -2.70. The molecule has 0 spiro atoms. The minimum absolute atomic E-state index is 0.00964. The molecule has 146 valence electrons. The first-order chi connectivity index (χ1) is 12.8. The van der Waals surface area contributed by atoms with Crippen molar-refractivity contribution in [2.24, 2.45) is 17.6 Å². The van der Waals surface area contributed by atoms with Gasteiger partial charge in [-0.05, 0) is 30.4 Å². The zero-order valence-electron chi connectivity index (χ0n) is 16.5.